The van der Waals surface area contributed by atoms with Crippen molar-refractivity contribution < 1.29 is 42.1 Å². The van der Waals surface area contributed by atoms with Gasteiger partial charge >= 0.3 is 11.9 Å². The van der Waals surface area contributed by atoms with Gasteiger partial charge in [0.05, 0.1) is 27.7 Å². The molecule has 292 valence electrons. The number of hydrogen-bond acceptors (Lipinski definition) is 8. The number of carbonyl (C=O) groups is 2. The summed E-state index contributed by atoms with van der Waals surface area (Å²) in [5.74, 6) is -0.881. The molecule has 10 heteroatoms. The lowest BCUT2D eigenvalue weighted by Crippen LogP contribution is -2.37. The van der Waals surface area contributed by atoms with Crippen LogP contribution in [0.2, 0.25) is 0 Å². The Morgan fingerprint density at radius 1 is 0.620 bits per heavy atom. The van der Waals surface area contributed by atoms with Crippen molar-refractivity contribution in [3.05, 3.63) is 36.5 Å². The van der Waals surface area contributed by atoms with Gasteiger partial charge in [-0.1, -0.05) is 127 Å². The molecule has 0 aromatic rings. The van der Waals surface area contributed by atoms with E-state index in [1.807, 2.05) is 21.1 Å². The molecule has 0 aliphatic rings. The van der Waals surface area contributed by atoms with Crippen molar-refractivity contribution in [2.24, 2.45) is 0 Å². The highest BCUT2D eigenvalue weighted by Crippen LogP contribution is 2.38. The standard InChI is InChI=1S/C40H74NO8P/c1-6-8-10-12-14-16-18-19-20-21-23-24-26-28-30-32-39(42)46-36-38(37-48-50(44,45)47-35-34-41(3,4)5)49-40(43)33-31-29-27-25-22-17-15-13-11-9-7-2/h14,16,19-20,23-24,38H,6-13,15,17-18,21-22,25-37H2,1-5H3/b16-14+,20-19+,24-23+/t38-/m1/s1. The number of allylic oxidation sites excluding steroid dienone is 6. The minimum Gasteiger partial charge on any atom is -0.756 e. The summed E-state index contributed by atoms with van der Waals surface area (Å²) in [4.78, 5) is 37.3. The number of unbranched alkanes of at least 4 members (excludes halogenated alkanes) is 15. The topological polar surface area (TPSA) is 111 Å². The number of carbonyl (C=O) groups excluding carboxylic acids is 2. The van der Waals surface area contributed by atoms with E-state index in [9.17, 15) is 19.0 Å². The maximum atomic E-state index is 12.6. The molecule has 0 fully saturated rings. The van der Waals surface area contributed by atoms with Gasteiger partial charge in [0.25, 0.3) is 7.82 Å². The van der Waals surface area contributed by atoms with Crippen LogP contribution in [-0.2, 0) is 32.7 Å². The maximum absolute atomic E-state index is 12.6. The number of likely N-dealkylation sites (N-methyl/N-ethyl adjacent to an activating group) is 1. The Kier molecular flexibility index (Phi) is 31.9. The smallest absolute Gasteiger partial charge is 0.306 e. The van der Waals surface area contributed by atoms with Gasteiger partial charge in [0.1, 0.15) is 19.8 Å². The van der Waals surface area contributed by atoms with Gasteiger partial charge in [-0.3, -0.25) is 14.2 Å². The summed E-state index contributed by atoms with van der Waals surface area (Å²) in [5.41, 5.74) is 0. The Morgan fingerprint density at radius 2 is 1.08 bits per heavy atom. The first-order valence-electron chi connectivity index (χ1n) is 19.7. The van der Waals surface area contributed by atoms with Crippen LogP contribution >= 0.6 is 7.82 Å². The molecule has 0 rings (SSSR count). The molecule has 0 spiro atoms. The Morgan fingerprint density at radius 3 is 1.64 bits per heavy atom. The fourth-order valence-electron chi connectivity index (χ4n) is 5.01. The molecule has 0 aromatic heterocycles. The molecule has 0 heterocycles. The monoisotopic (exact) mass is 728 g/mol. The zero-order chi connectivity index (χ0) is 37.2. The molecule has 9 nitrogen and oxygen atoms in total. The molecule has 0 aromatic carbocycles. The van der Waals surface area contributed by atoms with Crippen LogP contribution in [0.1, 0.15) is 155 Å². The van der Waals surface area contributed by atoms with E-state index in [1.54, 1.807) is 0 Å². The highest BCUT2D eigenvalue weighted by atomic mass is 31.2. The van der Waals surface area contributed by atoms with Crippen LogP contribution in [0, 0.1) is 0 Å². The second kappa shape index (κ2) is 33.1. The van der Waals surface area contributed by atoms with E-state index in [4.69, 9.17) is 18.5 Å². The number of nitrogens with zero attached hydrogens (tertiary/aromatic N) is 1. The fourth-order valence-corrected chi connectivity index (χ4v) is 5.74. The minimum absolute atomic E-state index is 0.0364. The second-order valence-corrected chi connectivity index (χ2v) is 15.7. The first-order chi connectivity index (χ1) is 24.0. The predicted molar refractivity (Wildman–Crippen MR) is 204 cm³/mol. The van der Waals surface area contributed by atoms with Crippen molar-refractivity contribution in [1.29, 1.82) is 0 Å². The van der Waals surface area contributed by atoms with E-state index >= 15 is 0 Å². The molecule has 0 bridgehead atoms. The molecule has 0 saturated carbocycles. The van der Waals surface area contributed by atoms with Gasteiger partial charge in [-0.2, -0.15) is 0 Å². The third-order valence-electron chi connectivity index (χ3n) is 8.16. The summed E-state index contributed by atoms with van der Waals surface area (Å²) >= 11 is 0. The van der Waals surface area contributed by atoms with Crippen LogP contribution < -0.4 is 4.89 Å². The average molecular weight is 728 g/mol. The summed E-state index contributed by atoms with van der Waals surface area (Å²) in [7, 11) is 1.14. The van der Waals surface area contributed by atoms with Gasteiger partial charge in [-0.25, -0.2) is 0 Å². The summed E-state index contributed by atoms with van der Waals surface area (Å²) in [6.45, 7) is 4.13. The number of esters is 2. The van der Waals surface area contributed by atoms with E-state index < -0.39 is 32.5 Å². The van der Waals surface area contributed by atoms with Crippen molar-refractivity contribution >= 4 is 19.8 Å². The second-order valence-electron chi connectivity index (χ2n) is 14.3. The Labute approximate surface area is 306 Å². The van der Waals surface area contributed by atoms with E-state index in [0.717, 1.165) is 51.4 Å². The molecular weight excluding hydrogens is 653 g/mol. The summed E-state index contributed by atoms with van der Waals surface area (Å²) < 4.78 is 33.7. The lowest BCUT2D eigenvalue weighted by Gasteiger charge is -2.28. The average Bonchev–Trinajstić information content (AvgIpc) is 3.06. The number of ether oxygens (including phenoxy) is 2. The first kappa shape index (κ1) is 48.2. The van der Waals surface area contributed by atoms with Crippen LogP contribution in [0.3, 0.4) is 0 Å². The zero-order valence-electron chi connectivity index (χ0n) is 32.6. The molecule has 0 aliphatic heterocycles. The molecule has 1 unspecified atom stereocenters. The Balaban J connectivity index is 4.49. The molecule has 0 aliphatic carbocycles. The lowest BCUT2D eigenvalue weighted by atomic mass is 10.1. The van der Waals surface area contributed by atoms with Crippen molar-refractivity contribution in [1.82, 2.24) is 0 Å². The number of rotatable bonds is 35. The van der Waals surface area contributed by atoms with Gasteiger partial charge in [0, 0.05) is 12.8 Å². The SMILES string of the molecule is CCCCC/C=C/C/C=C/C/C=C/CCCCC(=O)OC[C@H](COP(=O)([O-])OCC[N+](C)(C)C)OC(=O)CCCCCCCCCCCCC. The zero-order valence-corrected chi connectivity index (χ0v) is 33.5. The van der Waals surface area contributed by atoms with Gasteiger partial charge in [-0.05, 0) is 51.4 Å². The van der Waals surface area contributed by atoms with E-state index in [-0.39, 0.29) is 26.1 Å². The van der Waals surface area contributed by atoms with E-state index in [0.29, 0.717) is 23.9 Å². The molecule has 0 saturated heterocycles. The normalized spacial score (nSPS) is 14.1. The van der Waals surface area contributed by atoms with E-state index in [2.05, 4.69) is 50.3 Å². The van der Waals surface area contributed by atoms with Crippen LogP contribution in [0.25, 0.3) is 0 Å². The fraction of sp³-hybridized carbons (Fsp3) is 0.800. The molecule has 0 N–H and O–H groups in total. The van der Waals surface area contributed by atoms with Crippen LogP contribution in [0.5, 0.6) is 0 Å². The van der Waals surface area contributed by atoms with Gasteiger partial charge < -0.3 is 27.9 Å². The molecule has 50 heavy (non-hydrogen) atoms. The van der Waals surface area contributed by atoms with Gasteiger partial charge in [0.15, 0.2) is 6.10 Å². The maximum Gasteiger partial charge on any atom is 0.306 e. The van der Waals surface area contributed by atoms with Gasteiger partial charge in [0.2, 0.25) is 0 Å². The Hall–Kier alpha value is -1.77. The summed E-state index contributed by atoms with van der Waals surface area (Å²) in [6.07, 6.45) is 34.6. The van der Waals surface area contributed by atoms with Crippen LogP contribution in [0.15, 0.2) is 36.5 Å². The molecule has 0 radical (unpaired) electrons. The Bertz CT molecular complexity index is 959. The number of hydrogen-bond donors (Lipinski definition) is 0. The van der Waals surface area contributed by atoms with Crippen molar-refractivity contribution in [3.63, 3.8) is 0 Å². The minimum atomic E-state index is -4.62. The number of phosphoric acid groups is 1. The molecular formula is C40H74NO8P. The van der Waals surface area contributed by atoms with Crippen molar-refractivity contribution in [3.8, 4) is 0 Å². The lowest BCUT2D eigenvalue weighted by molar-refractivity contribution is -0.870. The molecule has 0 amide bonds. The number of quaternary nitrogens is 1. The summed E-state index contributed by atoms with van der Waals surface area (Å²) in [5, 5.41) is 0. The predicted octanol–water partition coefficient (Wildman–Crippen LogP) is 9.94. The first-order valence-corrected chi connectivity index (χ1v) is 21.2. The number of phosphoric ester groups is 1. The highest BCUT2D eigenvalue weighted by molar-refractivity contribution is 7.45. The third-order valence-corrected chi connectivity index (χ3v) is 9.13. The van der Waals surface area contributed by atoms with Crippen molar-refractivity contribution in [2.45, 2.75) is 161 Å². The summed E-state index contributed by atoms with van der Waals surface area (Å²) in [6, 6.07) is 0. The van der Waals surface area contributed by atoms with Crippen LogP contribution in [0.4, 0.5) is 0 Å². The van der Waals surface area contributed by atoms with Crippen LogP contribution in [-0.4, -0.2) is 70.0 Å². The quantitative estimate of drug-likeness (QED) is 0.0209. The van der Waals surface area contributed by atoms with E-state index in [1.165, 1.54) is 64.2 Å². The third kappa shape index (κ3) is 36.0. The van der Waals surface area contributed by atoms with Gasteiger partial charge in [-0.15, -0.1) is 0 Å². The molecule has 2 atom stereocenters. The highest BCUT2D eigenvalue weighted by Gasteiger charge is 2.21. The van der Waals surface area contributed by atoms with Crippen molar-refractivity contribution in [2.75, 3.05) is 47.5 Å². The largest absolute Gasteiger partial charge is 0.756 e.